The van der Waals surface area contributed by atoms with Crippen LogP contribution in [0, 0.1) is 5.41 Å². The van der Waals surface area contributed by atoms with Crippen molar-refractivity contribution in [1.29, 1.82) is 0 Å². The van der Waals surface area contributed by atoms with Crippen LogP contribution in [0.3, 0.4) is 0 Å². The molecule has 1 aliphatic carbocycles. The molecule has 100 valence electrons. The Hall–Kier alpha value is -1.31. The molecule has 0 saturated heterocycles. The van der Waals surface area contributed by atoms with E-state index in [2.05, 4.69) is 77.4 Å². The summed E-state index contributed by atoms with van der Waals surface area (Å²) < 4.78 is 0. The molecule has 2 aliphatic rings. The van der Waals surface area contributed by atoms with Gasteiger partial charge in [0, 0.05) is 0 Å². The first-order chi connectivity index (χ1) is 8.88. The predicted molar refractivity (Wildman–Crippen MR) is 86.5 cm³/mol. The van der Waals surface area contributed by atoms with Gasteiger partial charge in [-0.15, -0.1) is 0 Å². The fraction of sp³-hybridized carbons (Fsp3) is 0.471. The Morgan fingerprint density at radius 3 is 2.68 bits per heavy atom. The Kier molecular flexibility index (Phi) is 3.98. The molecule has 1 atom stereocenters. The maximum atomic E-state index is 3.40. The number of rotatable bonds is 4. The van der Waals surface area contributed by atoms with Crippen LogP contribution < -0.4 is 5.32 Å². The van der Waals surface area contributed by atoms with Crippen LogP contribution in [0.5, 0.6) is 0 Å². The summed E-state index contributed by atoms with van der Waals surface area (Å²) in [4.78, 5) is 0. The first-order valence-electron chi connectivity index (χ1n) is 7.08. The summed E-state index contributed by atoms with van der Waals surface area (Å²) >= 11 is 0. The number of hydrogen-bond donors (Lipinski definition) is 1. The molecule has 0 aromatic heterocycles. The van der Waals surface area contributed by atoms with Gasteiger partial charge in [0.15, 0.2) is 0 Å². The molecule has 0 bridgehead atoms. The zero-order valence-electron chi connectivity index (χ0n) is 12.7. The van der Waals surface area contributed by atoms with Crippen molar-refractivity contribution in [1.82, 2.24) is 5.32 Å². The number of allylic oxidation sites excluding steroid dienone is 6. The molecule has 0 spiro atoms. The topological polar surface area (TPSA) is 12.0 Å². The summed E-state index contributed by atoms with van der Waals surface area (Å²) in [5.41, 5.74) is 5.80. The van der Waals surface area contributed by atoms with E-state index in [4.69, 9.17) is 0 Å². The van der Waals surface area contributed by atoms with Crippen LogP contribution in [0.15, 0.2) is 47.3 Å². The summed E-state index contributed by atoms with van der Waals surface area (Å²) in [6.07, 6.45) is 12.0. The first kappa shape index (κ1) is 14.1. The molecule has 0 aromatic carbocycles. The average Bonchev–Trinajstić information content (AvgIpc) is 3.01. The molecule has 2 rings (SSSR count). The van der Waals surface area contributed by atoms with Gasteiger partial charge in [0.1, 0.15) is 0 Å². The molecule has 1 N–H and O–H groups in total. The van der Waals surface area contributed by atoms with Crippen LogP contribution in [-0.4, -0.2) is 12.4 Å². The van der Waals surface area contributed by atoms with Gasteiger partial charge in [0.25, 0.3) is 0 Å². The number of hydrogen-bond acceptors (Lipinski definition) is 1. The molecule has 0 saturated carbocycles. The molecule has 2 heteroatoms. The summed E-state index contributed by atoms with van der Waals surface area (Å²) in [6, 6.07) is 0. The van der Waals surface area contributed by atoms with Gasteiger partial charge in [0.2, 0.25) is 0 Å². The third-order valence-corrected chi connectivity index (χ3v) is 3.68. The van der Waals surface area contributed by atoms with Crippen LogP contribution >= 0.6 is 0 Å². The Morgan fingerprint density at radius 2 is 2.16 bits per heavy atom. The van der Waals surface area contributed by atoms with Gasteiger partial charge in [-0.05, 0) is 0 Å². The van der Waals surface area contributed by atoms with Crippen molar-refractivity contribution >= 4 is 12.4 Å². The molecule has 1 nitrogen and oxygen atoms in total. The quantitative estimate of drug-likeness (QED) is 0.590. The Bertz CT molecular complexity index is 510. The van der Waals surface area contributed by atoms with Crippen molar-refractivity contribution in [3.05, 3.63) is 47.3 Å². The monoisotopic (exact) mass is 253 g/mol. The second kappa shape index (κ2) is 5.36. The zero-order valence-corrected chi connectivity index (χ0v) is 12.7. The van der Waals surface area contributed by atoms with Gasteiger partial charge in [-0.2, -0.15) is 0 Å². The van der Waals surface area contributed by atoms with E-state index < -0.39 is 0 Å². The fourth-order valence-corrected chi connectivity index (χ4v) is 2.35. The van der Waals surface area contributed by atoms with E-state index in [-0.39, 0.29) is 0 Å². The Morgan fingerprint density at radius 1 is 1.42 bits per heavy atom. The molecule has 1 aliphatic heterocycles. The average molecular weight is 253 g/mol. The van der Waals surface area contributed by atoms with Crippen LogP contribution in [0.2, 0.25) is 5.82 Å². The van der Waals surface area contributed by atoms with Crippen molar-refractivity contribution in [2.24, 2.45) is 5.41 Å². The molecule has 19 heavy (non-hydrogen) atoms. The van der Waals surface area contributed by atoms with Crippen molar-refractivity contribution in [2.45, 2.75) is 46.9 Å². The number of nitrogens with one attached hydrogen (secondary N) is 1. The molecule has 1 unspecified atom stereocenters. The third kappa shape index (κ3) is 3.83. The summed E-state index contributed by atoms with van der Waals surface area (Å²) in [6.45, 7) is 13.5. The normalized spacial score (nSPS) is 22.9. The second-order valence-electron chi connectivity index (χ2n) is 6.56. The third-order valence-electron chi connectivity index (χ3n) is 3.68. The van der Waals surface area contributed by atoms with E-state index in [1.165, 1.54) is 16.8 Å². The van der Waals surface area contributed by atoms with Gasteiger partial charge in [-0.25, -0.2) is 0 Å². The van der Waals surface area contributed by atoms with Crippen LogP contribution in [0.4, 0.5) is 0 Å². The van der Waals surface area contributed by atoms with Crippen molar-refractivity contribution in [3.63, 3.8) is 0 Å². The van der Waals surface area contributed by atoms with Crippen molar-refractivity contribution in [3.8, 4) is 0 Å². The van der Waals surface area contributed by atoms with Gasteiger partial charge < -0.3 is 0 Å². The van der Waals surface area contributed by atoms with Crippen molar-refractivity contribution in [2.75, 3.05) is 0 Å². The van der Waals surface area contributed by atoms with Crippen LogP contribution in [-0.2, 0) is 0 Å². The van der Waals surface area contributed by atoms with E-state index in [0.29, 0.717) is 11.2 Å². The molecular formula is C17H24BN. The molecule has 0 amide bonds. The zero-order chi connectivity index (χ0) is 14.0. The standard InChI is InChI=1S/C17H24BN/c1-12(11-19-15-8-6-7-13(15)2)9-10-14-16(18-14)17(3,4)5/h6-7,9-11,14,19H,8H2,1-5H3/b10-9-,12-11-. The maximum absolute atomic E-state index is 3.40. The minimum absolute atomic E-state index is 0.322. The molecule has 0 aromatic rings. The van der Waals surface area contributed by atoms with Gasteiger partial charge in [-0.3, -0.25) is 0 Å². The van der Waals surface area contributed by atoms with Crippen LogP contribution in [0.25, 0.3) is 0 Å². The first-order valence-corrected chi connectivity index (χ1v) is 7.08. The summed E-state index contributed by atoms with van der Waals surface area (Å²) in [5, 5.41) is 3.40. The van der Waals surface area contributed by atoms with Crippen molar-refractivity contribution < 1.29 is 0 Å². The second-order valence-corrected chi connectivity index (χ2v) is 6.56. The molecule has 0 radical (unpaired) electrons. The predicted octanol–water partition coefficient (Wildman–Crippen LogP) is 3.99. The Labute approximate surface area is 118 Å². The molecule has 0 fully saturated rings. The van der Waals surface area contributed by atoms with Gasteiger partial charge >= 0.3 is 117 Å². The van der Waals surface area contributed by atoms with E-state index in [9.17, 15) is 0 Å². The molecule has 1 heterocycles. The van der Waals surface area contributed by atoms with E-state index in [1.54, 1.807) is 5.46 Å². The summed E-state index contributed by atoms with van der Waals surface area (Å²) in [5.74, 6) is 0.581. The van der Waals surface area contributed by atoms with E-state index in [1.807, 2.05) is 0 Å². The minimum atomic E-state index is 0.322. The summed E-state index contributed by atoms with van der Waals surface area (Å²) in [7, 11) is 0. The van der Waals surface area contributed by atoms with Gasteiger partial charge in [0.05, 0.1) is 0 Å². The molecular weight excluding hydrogens is 229 g/mol. The van der Waals surface area contributed by atoms with Crippen LogP contribution in [0.1, 0.15) is 41.0 Å². The SMILES string of the molecule is CC1=C(N/C=C(C)\C=C/C2B=C2C(C)(C)C)CC=C1. The van der Waals surface area contributed by atoms with E-state index >= 15 is 0 Å². The van der Waals surface area contributed by atoms with Gasteiger partial charge in [-0.1, -0.05) is 0 Å². The Balaban J connectivity index is 1.82. The fourth-order valence-electron chi connectivity index (χ4n) is 2.35. The van der Waals surface area contributed by atoms with E-state index in [0.717, 1.165) is 6.42 Å².